The van der Waals surface area contributed by atoms with Gasteiger partial charge in [0.05, 0.1) is 22.1 Å². The van der Waals surface area contributed by atoms with Crippen LogP contribution in [-0.2, 0) is 12.8 Å². The van der Waals surface area contributed by atoms with Crippen molar-refractivity contribution in [2.24, 2.45) is 10.8 Å². The topological polar surface area (TPSA) is 17.3 Å². The third-order valence-electron chi connectivity index (χ3n) is 8.09. The average Bonchev–Trinajstić information content (AvgIpc) is 3.20. The molecule has 4 radical (unpaired) electrons. The number of pyridine rings is 2. The van der Waals surface area contributed by atoms with Gasteiger partial charge >= 0.3 is 0 Å². The van der Waals surface area contributed by atoms with E-state index in [1.165, 1.54) is 49.2 Å². The van der Waals surface area contributed by atoms with E-state index in [-0.39, 0.29) is 10.8 Å². The first-order chi connectivity index (χ1) is 18.4. The number of rotatable bonds is 2. The van der Waals surface area contributed by atoms with Crippen LogP contribution in [0.15, 0.2) is 60.7 Å². The molecule has 0 N–H and O–H groups in total. The maximum Gasteiger partial charge on any atom is 0.140 e. The van der Waals surface area contributed by atoms with Crippen molar-refractivity contribution in [3.63, 3.8) is 0 Å². The van der Waals surface area contributed by atoms with E-state index in [9.17, 15) is 0 Å². The van der Waals surface area contributed by atoms with Crippen molar-refractivity contribution >= 4 is 86.5 Å². The second-order valence-corrected chi connectivity index (χ2v) is 13.7. The fourth-order valence-corrected chi connectivity index (χ4v) is 6.77. The van der Waals surface area contributed by atoms with E-state index < -0.39 is 0 Å². The van der Waals surface area contributed by atoms with E-state index in [2.05, 4.69) is 107 Å². The summed E-state index contributed by atoms with van der Waals surface area (Å²) in [6.07, 6.45) is 1.87. The van der Waals surface area contributed by atoms with Gasteiger partial charge in [0.15, 0.2) is 0 Å². The minimum absolute atomic E-state index is 0.0945. The summed E-state index contributed by atoms with van der Waals surface area (Å²) in [5.74, 6) is 0. The third-order valence-corrected chi connectivity index (χ3v) is 8.09. The number of para-hydroxylation sites is 1. The molecular formula is C35H32B2N2. The van der Waals surface area contributed by atoms with Crippen LogP contribution in [0.5, 0.6) is 0 Å². The van der Waals surface area contributed by atoms with Gasteiger partial charge in [0.2, 0.25) is 0 Å². The normalized spacial score (nSPS) is 13.3. The standard InChI is InChI=1S/C35H32B2N2/c1-34(2,3)17-20-16-23-28-30(38-33(37)29(23)36)24-15-19-11-7-8-12-21(19)25(18-35(4,5)6)31(24)39-26-14-10-9-13-22(26)27(20)32(28)39/h7-16H,17-18H2,1-6H3. The molecule has 7 rings (SSSR count). The highest BCUT2D eigenvalue weighted by Crippen LogP contribution is 2.45. The molecule has 7 aromatic rings. The van der Waals surface area contributed by atoms with Crippen LogP contribution in [0.4, 0.5) is 0 Å². The summed E-state index contributed by atoms with van der Waals surface area (Å²) >= 11 is 0. The van der Waals surface area contributed by atoms with Crippen LogP contribution >= 0.6 is 0 Å². The number of hydrogen-bond donors (Lipinski definition) is 0. The van der Waals surface area contributed by atoms with Crippen LogP contribution in [0.1, 0.15) is 52.7 Å². The fourth-order valence-electron chi connectivity index (χ4n) is 6.77. The number of hydrogen-bond acceptors (Lipinski definition) is 1. The molecule has 0 aliphatic rings. The Morgan fingerprint density at radius 1 is 0.692 bits per heavy atom. The van der Waals surface area contributed by atoms with E-state index in [0.29, 0.717) is 11.1 Å². The fraction of sp³-hybridized carbons (Fsp3) is 0.286. The van der Waals surface area contributed by atoms with Crippen LogP contribution in [0.25, 0.3) is 59.8 Å². The van der Waals surface area contributed by atoms with Crippen molar-refractivity contribution in [3.05, 3.63) is 71.8 Å². The zero-order valence-corrected chi connectivity index (χ0v) is 23.7. The smallest absolute Gasteiger partial charge is 0.140 e. The second-order valence-electron chi connectivity index (χ2n) is 13.7. The molecule has 0 aliphatic carbocycles. The molecule has 188 valence electrons. The lowest BCUT2D eigenvalue weighted by atomic mass is 9.78. The van der Waals surface area contributed by atoms with Gasteiger partial charge in [0.25, 0.3) is 0 Å². The van der Waals surface area contributed by atoms with Crippen LogP contribution < -0.4 is 11.1 Å². The third kappa shape index (κ3) is 3.60. The molecule has 3 aromatic heterocycles. The molecule has 0 spiro atoms. The number of aromatic nitrogens is 2. The summed E-state index contributed by atoms with van der Waals surface area (Å²) < 4.78 is 2.52. The van der Waals surface area contributed by atoms with Gasteiger partial charge in [-0.15, -0.1) is 0 Å². The van der Waals surface area contributed by atoms with E-state index >= 15 is 0 Å². The Morgan fingerprint density at radius 2 is 1.36 bits per heavy atom. The van der Waals surface area contributed by atoms with Crippen LogP contribution in [0.3, 0.4) is 0 Å². The maximum absolute atomic E-state index is 6.71. The van der Waals surface area contributed by atoms with Crippen LogP contribution in [-0.4, -0.2) is 25.1 Å². The first kappa shape index (κ1) is 24.5. The molecule has 3 heterocycles. The van der Waals surface area contributed by atoms with Gasteiger partial charge in [-0.1, -0.05) is 95.5 Å². The van der Waals surface area contributed by atoms with Crippen LogP contribution in [0, 0.1) is 10.8 Å². The number of benzene rings is 4. The number of fused-ring (bicyclic) bond motifs is 7. The Bertz CT molecular complexity index is 2100. The van der Waals surface area contributed by atoms with Crippen molar-refractivity contribution in [3.8, 4) is 0 Å². The lowest BCUT2D eigenvalue weighted by molar-refractivity contribution is 0.412. The van der Waals surface area contributed by atoms with Crippen molar-refractivity contribution < 1.29 is 0 Å². The van der Waals surface area contributed by atoms with Gasteiger partial charge in [-0.2, -0.15) is 0 Å². The molecule has 0 aliphatic heterocycles. The Morgan fingerprint density at radius 3 is 2.08 bits per heavy atom. The first-order valence-corrected chi connectivity index (χ1v) is 13.9. The van der Waals surface area contributed by atoms with Crippen LogP contribution in [0.2, 0.25) is 0 Å². The number of nitrogens with zero attached hydrogens (tertiary/aromatic N) is 2. The molecule has 4 aromatic carbocycles. The summed E-state index contributed by atoms with van der Waals surface area (Å²) in [4.78, 5) is 5.01. The molecule has 2 nitrogen and oxygen atoms in total. The van der Waals surface area contributed by atoms with Crippen molar-refractivity contribution in [1.29, 1.82) is 0 Å². The Balaban J connectivity index is 1.87. The summed E-state index contributed by atoms with van der Waals surface area (Å²) in [7, 11) is 13.3. The molecule has 0 saturated carbocycles. The van der Waals surface area contributed by atoms with Gasteiger partial charge in [0, 0.05) is 21.5 Å². The molecule has 4 heteroatoms. The summed E-state index contributed by atoms with van der Waals surface area (Å²) in [6.45, 7) is 13.9. The minimum atomic E-state index is 0.0945. The van der Waals surface area contributed by atoms with Gasteiger partial charge in [-0.3, -0.25) is 4.98 Å². The maximum atomic E-state index is 6.71. The monoisotopic (exact) mass is 502 g/mol. The zero-order chi connectivity index (χ0) is 27.4. The van der Waals surface area contributed by atoms with E-state index in [4.69, 9.17) is 20.7 Å². The Hall–Kier alpha value is -3.52. The van der Waals surface area contributed by atoms with Gasteiger partial charge in [0.1, 0.15) is 15.7 Å². The molecule has 0 amide bonds. The van der Waals surface area contributed by atoms with E-state index in [1.807, 2.05) is 0 Å². The lowest BCUT2D eigenvalue weighted by Crippen LogP contribution is -2.30. The molecule has 0 bridgehead atoms. The Labute approximate surface area is 232 Å². The summed E-state index contributed by atoms with van der Waals surface area (Å²) in [5.41, 5.74) is 8.44. The summed E-state index contributed by atoms with van der Waals surface area (Å²) in [5, 5.41) is 8.34. The van der Waals surface area contributed by atoms with Crippen molar-refractivity contribution in [2.45, 2.75) is 54.4 Å². The quantitative estimate of drug-likeness (QED) is 0.138. The predicted molar refractivity (Wildman–Crippen MR) is 171 cm³/mol. The van der Waals surface area contributed by atoms with E-state index in [1.54, 1.807) is 0 Å². The zero-order valence-electron chi connectivity index (χ0n) is 23.7. The molecule has 0 fully saturated rings. The van der Waals surface area contributed by atoms with Gasteiger partial charge < -0.3 is 4.40 Å². The lowest BCUT2D eigenvalue weighted by Gasteiger charge is -2.25. The second kappa shape index (κ2) is 8.01. The van der Waals surface area contributed by atoms with Crippen molar-refractivity contribution in [2.75, 3.05) is 0 Å². The SMILES string of the molecule is [B]c1nc2c3cc4ccccc4c(CC(C)(C)C)c3n3c4ccccc4c4c(CC(C)(C)C)cc(c1[B])c2c43. The molecular weight excluding hydrogens is 470 g/mol. The average molecular weight is 502 g/mol. The van der Waals surface area contributed by atoms with Gasteiger partial charge in [-0.25, -0.2) is 0 Å². The van der Waals surface area contributed by atoms with Gasteiger partial charge in [-0.05, 0) is 68.7 Å². The molecule has 0 saturated heterocycles. The highest BCUT2D eigenvalue weighted by molar-refractivity contribution is 6.53. The van der Waals surface area contributed by atoms with E-state index in [0.717, 1.165) is 34.5 Å². The molecule has 39 heavy (non-hydrogen) atoms. The highest BCUT2D eigenvalue weighted by atomic mass is 14.9. The first-order valence-electron chi connectivity index (χ1n) is 13.9. The minimum Gasteiger partial charge on any atom is -0.308 e. The largest absolute Gasteiger partial charge is 0.308 e. The van der Waals surface area contributed by atoms with Crippen molar-refractivity contribution in [1.82, 2.24) is 9.38 Å². The summed E-state index contributed by atoms with van der Waals surface area (Å²) in [6, 6.07) is 22.2. The molecule has 0 atom stereocenters. The highest BCUT2D eigenvalue weighted by Gasteiger charge is 2.27. The molecule has 0 unspecified atom stereocenters. The Kier molecular flexibility index (Phi) is 5.03. The predicted octanol–water partition coefficient (Wildman–Crippen LogP) is 7.30.